The van der Waals surface area contributed by atoms with E-state index in [-0.39, 0.29) is 6.54 Å². The van der Waals surface area contributed by atoms with Gasteiger partial charge in [-0.25, -0.2) is 4.98 Å². The lowest BCUT2D eigenvalue weighted by molar-refractivity contribution is -0.268. The van der Waals surface area contributed by atoms with Crippen LogP contribution in [0, 0.1) is 6.92 Å². The van der Waals surface area contributed by atoms with Crippen molar-refractivity contribution < 1.29 is 27.6 Å². The molecule has 1 atom stereocenters. The number of hydrogen-bond donors (Lipinski definition) is 1. The molecule has 1 aromatic carbocycles. The van der Waals surface area contributed by atoms with Crippen LogP contribution in [-0.4, -0.2) is 45.8 Å². The minimum absolute atomic E-state index is 0.199. The van der Waals surface area contributed by atoms with Gasteiger partial charge in [-0.3, -0.25) is 4.79 Å². The molecule has 0 radical (unpaired) electrons. The monoisotopic (exact) mass is 453 g/mol. The van der Waals surface area contributed by atoms with E-state index in [4.69, 9.17) is 4.52 Å². The van der Waals surface area contributed by atoms with E-state index in [1.165, 1.54) is 24.3 Å². The van der Waals surface area contributed by atoms with Gasteiger partial charge in [0, 0.05) is 42.7 Å². The number of carbonyl (C=O) groups excluding carboxylic acids is 1. The number of amides is 1. The van der Waals surface area contributed by atoms with Crippen molar-refractivity contribution in [2.45, 2.75) is 38.0 Å². The van der Waals surface area contributed by atoms with Crippen molar-refractivity contribution in [3.63, 3.8) is 0 Å². The minimum Gasteiger partial charge on any atom is -0.374 e. The van der Waals surface area contributed by atoms with Gasteiger partial charge in [-0.1, -0.05) is 35.5 Å². The summed E-state index contributed by atoms with van der Waals surface area (Å²) in [6, 6.07) is 11.3. The van der Waals surface area contributed by atoms with Crippen LogP contribution < -0.4 is 0 Å². The molecule has 6 nitrogen and oxygen atoms in total. The van der Waals surface area contributed by atoms with E-state index >= 15 is 0 Å². The molecule has 2 aromatic heterocycles. The van der Waals surface area contributed by atoms with E-state index in [0.29, 0.717) is 41.3 Å². The third kappa shape index (κ3) is 5.31. The summed E-state index contributed by atoms with van der Waals surface area (Å²) in [5, 5.41) is 15.2. The zero-order valence-corrected chi connectivity index (χ0v) is 17.8. The van der Waals surface area contributed by atoms with Crippen molar-refractivity contribution in [1.82, 2.24) is 15.0 Å². The molecule has 166 valence electrons. The molecule has 1 N–H and O–H groups in total. The second-order valence-corrected chi connectivity index (χ2v) is 8.15. The van der Waals surface area contributed by atoms with Crippen LogP contribution in [0.4, 0.5) is 13.2 Å². The summed E-state index contributed by atoms with van der Waals surface area (Å²) in [7, 11) is 1.40. The second-order valence-electron chi connectivity index (χ2n) is 7.29. The molecule has 1 unspecified atom stereocenters. The van der Waals surface area contributed by atoms with Gasteiger partial charge in [-0.15, -0.1) is 11.3 Å². The Hall–Kier alpha value is -2.72. The average molecular weight is 453 g/mol. The zero-order valence-electron chi connectivity index (χ0n) is 17.0. The standard InChI is InChI=1S/C21H22F3N3O3S/c1-14-13-31-19(25-14)20(29,21(22,23)24)12-18(28)27(2)10-6-9-16-11-17(26-30-16)15-7-4-3-5-8-15/h3-5,7-8,11,13,29H,6,9-10,12H2,1-2H3. The summed E-state index contributed by atoms with van der Waals surface area (Å²) < 4.78 is 46.0. The number of nitrogens with zero attached hydrogens (tertiary/aromatic N) is 3. The maximum Gasteiger partial charge on any atom is 0.424 e. The molecule has 3 aromatic rings. The molecule has 31 heavy (non-hydrogen) atoms. The van der Waals surface area contributed by atoms with Crippen molar-refractivity contribution in [3.05, 3.63) is 58.2 Å². The Morgan fingerprint density at radius 1 is 1.26 bits per heavy atom. The number of halogens is 3. The number of alkyl halides is 3. The van der Waals surface area contributed by atoms with Crippen molar-refractivity contribution in [2.24, 2.45) is 0 Å². The topological polar surface area (TPSA) is 79.5 Å². The molecule has 2 heterocycles. The molecule has 0 bridgehead atoms. The van der Waals surface area contributed by atoms with Crippen LogP contribution in [0.15, 0.2) is 46.3 Å². The maximum absolute atomic E-state index is 13.6. The van der Waals surface area contributed by atoms with Crippen LogP contribution in [0.5, 0.6) is 0 Å². The number of carbonyl (C=O) groups is 1. The highest BCUT2D eigenvalue weighted by molar-refractivity contribution is 7.09. The summed E-state index contributed by atoms with van der Waals surface area (Å²) in [5.41, 5.74) is -1.36. The van der Waals surface area contributed by atoms with Gasteiger partial charge >= 0.3 is 6.18 Å². The highest BCUT2D eigenvalue weighted by atomic mass is 32.1. The van der Waals surface area contributed by atoms with Gasteiger partial charge in [0.25, 0.3) is 0 Å². The van der Waals surface area contributed by atoms with Crippen molar-refractivity contribution >= 4 is 17.2 Å². The fraction of sp³-hybridized carbons (Fsp3) is 0.381. The fourth-order valence-electron chi connectivity index (χ4n) is 2.99. The van der Waals surface area contributed by atoms with Gasteiger partial charge in [0.15, 0.2) is 0 Å². The SMILES string of the molecule is Cc1csc(C(O)(CC(=O)N(C)CCCc2cc(-c3ccccc3)no2)C(F)(F)F)n1. The number of hydrogen-bond acceptors (Lipinski definition) is 6. The Morgan fingerprint density at radius 2 is 1.97 bits per heavy atom. The second kappa shape index (κ2) is 9.19. The molecule has 0 aliphatic rings. The van der Waals surface area contributed by atoms with Gasteiger partial charge < -0.3 is 14.5 Å². The first-order valence-corrected chi connectivity index (χ1v) is 10.4. The van der Waals surface area contributed by atoms with E-state index < -0.39 is 29.1 Å². The minimum atomic E-state index is -5.03. The van der Waals surface area contributed by atoms with Crippen LogP contribution in [0.2, 0.25) is 0 Å². The first-order valence-electron chi connectivity index (χ1n) is 9.57. The summed E-state index contributed by atoms with van der Waals surface area (Å²) in [6.45, 7) is 1.72. The van der Waals surface area contributed by atoms with Crippen LogP contribution in [0.1, 0.15) is 29.3 Å². The van der Waals surface area contributed by atoms with Gasteiger partial charge in [0.05, 0.1) is 6.42 Å². The third-order valence-corrected chi connectivity index (χ3v) is 5.93. The Kier molecular flexibility index (Phi) is 6.80. The molecule has 1 amide bonds. The number of benzene rings is 1. The van der Waals surface area contributed by atoms with Crippen LogP contribution in [0.25, 0.3) is 11.3 Å². The number of aryl methyl sites for hydroxylation is 2. The molecule has 0 saturated carbocycles. The van der Waals surface area contributed by atoms with E-state index in [1.807, 2.05) is 30.3 Å². The predicted molar refractivity (Wildman–Crippen MR) is 109 cm³/mol. The molecule has 0 aliphatic heterocycles. The van der Waals surface area contributed by atoms with E-state index in [0.717, 1.165) is 5.56 Å². The first kappa shape index (κ1) is 23.0. The number of thiazole rings is 1. The van der Waals surface area contributed by atoms with Crippen LogP contribution >= 0.6 is 11.3 Å². The predicted octanol–water partition coefficient (Wildman–Crippen LogP) is 4.34. The quantitative estimate of drug-likeness (QED) is 0.549. The Bertz CT molecular complexity index is 1020. The molecule has 0 fully saturated rings. The number of aromatic nitrogens is 2. The smallest absolute Gasteiger partial charge is 0.374 e. The van der Waals surface area contributed by atoms with Gasteiger partial charge in [0.1, 0.15) is 16.5 Å². The van der Waals surface area contributed by atoms with Crippen molar-refractivity contribution in [3.8, 4) is 11.3 Å². The van der Waals surface area contributed by atoms with Crippen LogP contribution in [0.3, 0.4) is 0 Å². The lowest BCUT2D eigenvalue weighted by atomic mass is 9.98. The summed E-state index contributed by atoms with van der Waals surface area (Å²) in [5.74, 6) is -0.208. The lowest BCUT2D eigenvalue weighted by Gasteiger charge is -2.29. The summed E-state index contributed by atoms with van der Waals surface area (Å²) in [6.07, 6.45) is -5.22. The Balaban J connectivity index is 1.57. The molecule has 0 spiro atoms. The zero-order chi connectivity index (χ0) is 22.6. The molecule has 10 heteroatoms. The maximum atomic E-state index is 13.6. The van der Waals surface area contributed by atoms with Gasteiger partial charge in [0.2, 0.25) is 11.5 Å². The Labute approximate surface area is 181 Å². The highest BCUT2D eigenvalue weighted by Crippen LogP contribution is 2.43. The normalized spacial score (nSPS) is 13.7. The molecular weight excluding hydrogens is 431 g/mol. The van der Waals surface area contributed by atoms with E-state index in [1.54, 1.807) is 6.07 Å². The molecule has 0 aliphatic carbocycles. The molecular formula is C21H22F3N3O3S. The first-order chi connectivity index (χ1) is 14.6. The van der Waals surface area contributed by atoms with E-state index in [2.05, 4.69) is 10.1 Å². The fourth-order valence-corrected chi connectivity index (χ4v) is 3.90. The van der Waals surface area contributed by atoms with Gasteiger partial charge in [-0.05, 0) is 13.3 Å². The lowest BCUT2D eigenvalue weighted by Crippen LogP contribution is -2.46. The number of rotatable bonds is 8. The molecule has 0 saturated heterocycles. The third-order valence-electron chi connectivity index (χ3n) is 4.82. The van der Waals surface area contributed by atoms with Gasteiger partial charge in [-0.2, -0.15) is 13.2 Å². The van der Waals surface area contributed by atoms with Crippen LogP contribution in [-0.2, 0) is 16.8 Å². The average Bonchev–Trinajstić information content (AvgIpc) is 3.37. The molecule has 3 rings (SSSR count). The van der Waals surface area contributed by atoms with E-state index in [9.17, 15) is 23.1 Å². The van der Waals surface area contributed by atoms with Crippen molar-refractivity contribution in [2.75, 3.05) is 13.6 Å². The summed E-state index contributed by atoms with van der Waals surface area (Å²) >= 11 is 0.681. The largest absolute Gasteiger partial charge is 0.424 e. The highest BCUT2D eigenvalue weighted by Gasteiger charge is 2.58. The Morgan fingerprint density at radius 3 is 2.58 bits per heavy atom. The number of aliphatic hydroxyl groups is 1. The van der Waals surface area contributed by atoms with Crippen molar-refractivity contribution in [1.29, 1.82) is 0 Å². The summed E-state index contributed by atoms with van der Waals surface area (Å²) in [4.78, 5) is 17.3.